The number of aldehydes is 1. The van der Waals surface area contributed by atoms with Gasteiger partial charge >= 0.3 is 0 Å². The van der Waals surface area contributed by atoms with E-state index < -0.39 is 16.6 Å². The van der Waals surface area contributed by atoms with Crippen LogP contribution in [0.25, 0.3) is 0 Å². The molecular weight excluding hydrogens is 380 g/mol. The van der Waals surface area contributed by atoms with Crippen LogP contribution in [0.2, 0.25) is 34.8 Å². The van der Waals surface area contributed by atoms with Crippen molar-refractivity contribution >= 4 is 22.9 Å². The number of carbonyl (C=O) groups is 1. The van der Waals surface area contributed by atoms with Crippen molar-refractivity contribution in [2.75, 3.05) is 0 Å². The number of hydrogen-bond acceptors (Lipinski definition) is 3. The molecule has 3 nitrogen and oxygen atoms in total. The largest absolute Gasteiger partial charge is 0.413 e. The van der Waals surface area contributed by atoms with E-state index in [0.717, 1.165) is 24.4 Å². The Kier molecular flexibility index (Phi) is 12.0. The molecule has 0 unspecified atom stereocenters. The molecule has 0 aliphatic heterocycles. The van der Waals surface area contributed by atoms with Crippen molar-refractivity contribution < 1.29 is 13.6 Å². The van der Waals surface area contributed by atoms with E-state index in [-0.39, 0.29) is 24.0 Å². The second-order valence-electron chi connectivity index (χ2n) is 9.82. The molecule has 0 saturated carbocycles. The van der Waals surface area contributed by atoms with E-state index in [1.165, 1.54) is 0 Å². The molecule has 0 amide bonds. The van der Waals surface area contributed by atoms with Gasteiger partial charge in [-0.15, -0.1) is 0 Å². The first kappa shape index (κ1) is 28.0. The van der Waals surface area contributed by atoms with Crippen LogP contribution in [0.15, 0.2) is 0 Å². The predicted molar refractivity (Wildman–Crippen MR) is 128 cm³/mol. The van der Waals surface area contributed by atoms with E-state index in [0.29, 0.717) is 16.6 Å². The van der Waals surface area contributed by atoms with Crippen LogP contribution in [-0.4, -0.2) is 35.1 Å². The van der Waals surface area contributed by atoms with Gasteiger partial charge in [0, 0.05) is 17.9 Å². The molecule has 0 aliphatic carbocycles. The molecule has 0 spiro atoms. The van der Waals surface area contributed by atoms with Gasteiger partial charge in [-0.3, -0.25) is 0 Å². The molecule has 0 aliphatic rings. The van der Waals surface area contributed by atoms with E-state index in [2.05, 4.69) is 76.2 Å². The minimum absolute atomic E-state index is 0.0581. The third kappa shape index (κ3) is 6.26. The van der Waals surface area contributed by atoms with E-state index in [4.69, 9.17) is 8.85 Å². The van der Waals surface area contributed by atoms with E-state index in [1.54, 1.807) is 0 Å². The quantitative estimate of drug-likeness (QED) is 0.212. The second kappa shape index (κ2) is 12.0. The SMILES string of the molecule is CC[Si](CC)(CC)O[C@@H]([C@@H](C)[C@H](C)O[Si](C(C)C)(C(C)C)C(C)C)[C@@H](C)C=O. The lowest BCUT2D eigenvalue weighted by molar-refractivity contribution is -0.115. The van der Waals surface area contributed by atoms with Gasteiger partial charge in [0.1, 0.15) is 6.29 Å². The van der Waals surface area contributed by atoms with Gasteiger partial charge in [0.05, 0.1) is 6.10 Å². The van der Waals surface area contributed by atoms with Gasteiger partial charge in [0.25, 0.3) is 0 Å². The Balaban J connectivity index is 5.80. The molecule has 28 heavy (non-hydrogen) atoms. The van der Waals surface area contributed by atoms with E-state index >= 15 is 0 Å². The van der Waals surface area contributed by atoms with Crippen LogP contribution >= 0.6 is 0 Å². The highest BCUT2D eigenvalue weighted by Gasteiger charge is 2.47. The van der Waals surface area contributed by atoms with Gasteiger partial charge in [-0.05, 0) is 41.7 Å². The van der Waals surface area contributed by atoms with Gasteiger partial charge in [-0.25, -0.2) is 0 Å². The number of rotatable bonds is 14. The summed E-state index contributed by atoms with van der Waals surface area (Å²) in [5.41, 5.74) is 1.67. The maximum Gasteiger partial charge on any atom is 0.200 e. The maximum absolute atomic E-state index is 11.7. The predicted octanol–water partition coefficient (Wildman–Crippen LogP) is 7.43. The fourth-order valence-electron chi connectivity index (χ4n) is 5.16. The smallest absolute Gasteiger partial charge is 0.200 e. The van der Waals surface area contributed by atoms with Gasteiger partial charge in [0.15, 0.2) is 8.32 Å². The molecule has 0 heterocycles. The molecule has 4 atom stereocenters. The zero-order chi connectivity index (χ0) is 22.3. The Bertz CT molecular complexity index is 417. The zero-order valence-corrected chi connectivity index (χ0v) is 23.0. The van der Waals surface area contributed by atoms with Crippen LogP contribution in [-0.2, 0) is 13.6 Å². The minimum Gasteiger partial charge on any atom is -0.413 e. The molecule has 0 aromatic heterocycles. The summed E-state index contributed by atoms with van der Waals surface area (Å²) >= 11 is 0. The second-order valence-corrected chi connectivity index (χ2v) is 20.0. The molecule has 0 radical (unpaired) electrons. The number of hydrogen-bond donors (Lipinski definition) is 0. The first-order chi connectivity index (χ1) is 12.9. The molecule has 0 saturated heterocycles. The summed E-state index contributed by atoms with van der Waals surface area (Å²) in [6, 6.07) is 3.31. The van der Waals surface area contributed by atoms with Gasteiger partial charge in [-0.1, -0.05) is 76.2 Å². The summed E-state index contributed by atoms with van der Waals surface area (Å²) in [4.78, 5) is 11.7. The Morgan fingerprint density at radius 3 is 1.39 bits per heavy atom. The van der Waals surface area contributed by atoms with Crippen molar-refractivity contribution in [3.8, 4) is 0 Å². The van der Waals surface area contributed by atoms with Crippen molar-refractivity contribution in [3.05, 3.63) is 0 Å². The molecule has 0 aromatic carbocycles. The van der Waals surface area contributed by atoms with Crippen LogP contribution in [0, 0.1) is 11.8 Å². The monoisotopic (exact) mass is 430 g/mol. The van der Waals surface area contributed by atoms with Crippen LogP contribution in [0.4, 0.5) is 0 Å². The molecule has 0 bridgehead atoms. The molecule has 0 N–H and O–H groups in total. The van der Waals surface area contributed by atoms with Crippen molar-refractivity contribution in [3.63, 3.8) is 0 Å². The van der Waals surface area contributed by atoms with Crippen LogP contribution in [0.1, 0.15) is 83.1 Å². The first-order valence-electron chi connectivity index (χ1n) is 11.7. The van der Waals surface area contributed by atoms with E-state index in [1.807, 2.05) is 6.92 Å². The van der Waals surface area contributed by atoms with Crippen molar-refractivity contribution in [1.29, 1.82) is 0 Å². The minimum atomic E-state index is -1.96. The van der Waals surface area contributed by atoms with Crippen LogP contribution in [0.5, 0.6) is 0 Å². The van der Waals surface area contributed by atoms with Crippen LogP contribution < -0.4 is 0 Å². The lowest BCUT2D eigenvalue weighted by atomic mass is 9.91. The Hall–Kier alpha value is 0.0238. The summed E-state index contributed by atoms with van der Waals surface area (Å²) in [7, 11) is -3.76. The molecule has 0 rings (SSSR count). The molecule has 0 aromatic rings. The average molecular weight is 431 g/mol. The fourth-order valence-corrected chi connectivity index (χ4v) is 13.8. The lowest BCUT2D eigenvalue weighted by Crippen LogP contribution is -2.53. The summed E-state index contributed by atoms with van der Waals surface area (Å²) in [5.74, 6) is 0.0886. The first-order valence-corrected chi connectivity index (χ1v) is 16.4. The third-order valence-electron chi connectivity index (χ3n) is 7.41. The fraction of sp³-hybridized carbons (Fsp3) is 0.957. The maximum atomic E-state index is 11.7. The summed E-state index contributed by atoms with van der Waals surface area (Å²) in [5, 5.41) is 0. The van der Waals surface area contributed by atoms with Gasteiger partial charge in [-0.2, -0.15) is 0 Å². The van der Waals surface area contributed by atoms with E-state index in [9.17, 15) is 4.79 Å². The highest BCUT2D eigenvalue weighted by molar-refractivity contribution is 6.77. The molecule has 0 fully saturated rings. The van der Waals surface area contributed by atoms with Crippen molar-refractivity contribution in [2.45, 2.75) is 130 Å². The zero-order valence-electron chi connectivity index (χ0n) is 21.0. The normalized spacial score (nSPS) is 17.8. The van der Waals surface area contributed by atoms with Gasteiger partial charge in [0.2, 0.25) is 8.32 Å². The number of carbonyl (C=O) groups excluding carboxylic acids is 1. The Labute approximate surface area is 178 Å². The summed E-state index contributed by atoms with van der Waals surface area (Å²) in [6.07, 6.45) is 1.10. The average Bonchev–Trinajstić information content (AvgIpc) is 2.65. The van der Waals surface area contributed by atoms with Crippen molar-refractivity contribution in [1.82, 2.24) is 0 Å². The molecule has 168 valence electrons. The topological polar surface area (TPSA) is 35.5 Å². The van der Waals surface area contributed by atoms with Gasteiger partial charge < -0.3 is 13.6 Å². The standard InChI is InChI=1S/C23H50O3Si2/c1-13-27(14-2,15-3)26-23(20(10)16-24)21(11)22(12)25-28(17(4)5,18(6)7)19(8)9/h16-23H,13-15H2,1-12H3/t20-,21-,22-,23+/m0/s1. The van der Waals surface area contributed by atoms with Crippen LogP contribution in [0.3, 0.4) is 0 Å². The summed E-state index contributed by atoms with van der Waals surface area (Å²) < 4.78 is 13.9. The van der Waals surface area contributed by atoms with Crippen molar-refractivity contribution in [2.24, 2.45) is 11.8 Å². The molecule has 5 heteroatoms. The lowest BCUT2D eigenvalue weighted by Gasteiger charge is -2.47. The highest BCUT2D eigenvalue weighted by atomic mass is 28.4. The Morgan fingerprint density at radius 1 is 0.714 bits per heavy atom. The molecular formula is C23H50O3Si2. The Morgan fingerprint density at radius 2 is 1.11 bits per heavy atom. The summed E-state index contributed by atoms with van der Waals surface area (Å²) in [6.45, 7) is 27.2. The highest BCUT2D eigenvalue weighted by Crippen LogP contribution is 2.44. The third-order valence-corrected chi connectivity index (χ3v) is 18.2.